The molecule has 1 saturated heterocycles. The van der Waals surface area contributed by atoms with Gasteiger partial charge in [-0.3, -0.25) is 9.59 Å². The van der Waals surface area contributed by atoms with Crippen LogP contribution in [0.15, 0.2) is 36.4 Å². The highest BCUT2D eigenvalue weighted by Gasteiger charge is 2.49. The standard InChI is InChI=1S/C21H19F2N3O5/c22-14-7-12(8-15(23)10-14)11-24-20(29)31-21(30)5-6-26(19(21)28)16-2-3-17-13(9-16)1-4-18(27)25-17/h2-3,7-10,30H,1,4-6,11H2,(H,24,29)(H,25,27). The molecule has 3 amide bonds. The van der Waals surface area contributed by atoms with Gasteiger partial charge in [-0.1, -0.05) is 0 Å². The van der Waals surface area contributed by atoms with Crippen LogP contribution in [-0.4, -0.2) is 35.3 Å². The van der Waals surface area contributed by atoms with Gasteiger partial charge in [-0.2, -0.15) is 0 Å². The van der Waals surface area contributed by atoms with Gasteiger partial charge in [0.2, 0.25) is 5.91 Å². The molecule has 2 aromatic carbocycles. The van der Waals surface area contributed by atoms with Gasteiger partial charge in [0.05, 0.1) is 0 Å². The summed E-state index contributed by atoms with van der Waals surface area (Å²) in [7, 11) is 0. The van der Waals surface area contributed by atoms with E-state index in [0.29, 0.717) is 30.3 Å². The molecule has 0 saturated carbocycles. The highest BCUT2D eigenvalue weighted by molar-refractivity contribution is 6.02. The van der Waals surface area contributed by atoms with E-state index in [0.717, 1.165) is 17.7 Å². The van der Waals surface area contributed by atoms with Crippen molar-refractivity contribution in [3.05, 3.63) is 59.2 Å². The molecular formula is C21H19F2N3O5. The van der Waals surface area contributed by atoms with Crippen molar-refractivity contribution < 1.29 is 33.0 Å². The van der Waals surface area contributed by atoms with Gasteiger partial charge in [0.1, 0.15) is 11.6 Å². The van der Waals surface area contributed by atoms with Crippen molar-refractivity contribution in [1.82, 2.24) is 5.32 Å². The van der Waals surface area contributed by atoms with Crippen LogP contribution in [0.25, 0.3) is 0 Å². The molecule has 162 valence electrons. The molecule has 2 aliphatic rings. The number of hydrogen-bond donors (Lipinski definition) is 3. The number of alkyl carbamates (subject to hydrolysis) is 1. The Hall–Kier alpha value is -3.53. The van der Waals surface area contributed by atoms with E-state index in [2.05, 4.69) is 10.6 Å². The van der Waals surface area contributed by atoms with Crippen molar-refractivity contribution in [2.24, 2.45) is 0 Å². The number of nitrogens with one attached hydrogen (secondary N) is 2. The first-order chi connectivity index (χ1) is 14.7. The number of aryl methyl sites for hydroxylation is 1. The fourth-order valence-corrected chi connectivity index (χ4v) is 3.64. The van der Waals surface area contributed by atoms with Crippen molar-refractivity contribution in [3.8, 4) is 0 Å². The second-order valence-electron chi connectivity index (χ2n) is 7.40. The SMILES string of the molecule is O=C1CCc2cc(N3CCC(O)(OC(=O)NCc4cc(F)cc(F)c4)C3=O)ccc2N1. The monoisotopic (exact) mass is 431 g/mol. The molecule has 1 unspecified atom stereocenters. The lowest BCUT2D eigenvalue weighted by molar-refractivity contribution is -0.175. The van der Waals surface area contributed by atoms with Crippen molar-refractivity contribution in [3.63, 3.8) is 0 Å². The van der Waals surface area contributed by atoms with Gasteiger partial charge in [-0.25, -0.2) is 13.6 Å². The highest BCUT2D eigenvalue weighted by atomic mass is 19.1. The summed E-state index contributed by atoms with van der Waals surface area (Å²) in [6.07, 6.45) is -0.384. The first-order valence-corrected chi connectivity index (χ1v) is 9.62. The smallest absolute Gasteiger partial charge is 0.407 e. The van der Waals surface area contributed by atoms with Crippen molar-refractivity contribution in [2.45, 2.75) is 31.6 Å². The van der Waals surface area contributed by atoms with E-state index < -0.39 is 29.4 Å². The Labute approximate surface area is 175 Å². The number of aliphatic hydroxyl groups is 1. The quantitative estimate of drug-likeness (QED) is 0.644. The summed E-state index contributed by atoms with van der Waals surface area (Å²) in [5.74, 6) is -4.84. The second-order valence-corrected chi connectivity index (χ2v) is 7.40. The molecule has 0 bridgehead atoms. The van der Waals surface area contributed by atoms with Crippen LogP contribution in [0.5, 0.6) is 0 Å². The molecule has 1 fully saturated rings. The predicted molar refractivity (Wildman–Crippen MR) is 105 cm³/mol. The Bertz CT molecular complexity index is 1060. The Kier molecular flexibility index (Phi) is 5.32. The summed E-state index contributed by atoms with van der Waals surface area (Å²) >= 11 is 0. The van der Waals surface area contributed by atoms with E-state index in [9.17, 15) is 28.3 Å². The molecule has 0 aromatic heterocycles. The minimum Gasteiger partial charge on any atom is -0.407 e. The summed E-state index contributed by atoms with van der Waals surface area (Å²) in [4.78, 5) is 37.6. The Morgan fingerprint density at radius 1 is 1.16 bits per heavy atom. The molecule has 10 heteroatoms. The largest absolute Gasteiger partial charge is 0.410 e. The zero-order valence-corrected chi connectivity index (χ0v) is 16.3. The number of carbonyl (C=O) groups is 3. The second kappa shape index (κ2) is 7.95. The van der Waals surface area contributed by atoms with Crippen LogP contribution >= 0.6 is 0 Å². The minimum absolute atomic E-state index is 0.0766. The fraction of sp³-hybridized carbons (Fsp3) is 0.286. The molecule has 8 nitrogen and oxygen atoms in total. The Balaban J connectivity index is 1.40. The van der Waals surface area contributed by atoms with E-state index in [1.165, 1.54) is 4.90 Å². The number of hydrogen-bond acceptors (Lipinski definition) is 5. The minimum atomic E-state index is -2.36. The summed E-state index contributed by atoms with van der Waals surface area (Å²) in [5, 5.41) is 15.6. The van der Waals surface area contributed by atoms with E-state index in [1.807, 2.05) is 0 Å². The van der Waals surface area contributed by atoms with Gasteiger partial charge in [0.25, 0.3) is 11.7 Å². The molecule has 0 spiro atoms. The highest BCUT2D eigenvalue weighted by Crippen LogP contribution is 2.33. The number of amides is 3. The topological polar surface area (TPSA) is 108 Å². The molecule has 0 aliphatic carbocycles. The van der Waals surface area contributed by atoms with Gasteiger partial charge in [0, 0.05) is 43.4 Å². The van der Waals surface area contributed by atoms with Crippen LogP contribution in [0.2, 0.25) is 0 Å². The average Bonchev–Trinajstić information content (AvgIpc) is 3.00. The molecule has 2 heterocycles. The lowest BCUT2D eigenvalue weighted by Gasteiger charge is -2.24. The van der Waals surface area contributed by atoms with Gasteiger partial charge < -0.3 is 25.4 Å². The molecular weight excluding hydrogens is 412 g/mol. The van der Waals surface area contributed by atoms with Crippen molar-refractivity contribution in [1.29, 1.82) is 0 Å². The van der Waals surface area contributed by atoms with Gasteiger partial charge >= 0.3 is 6.09 Å². The number of ether oxygens (including phenoxy) is 1. The molecule has 31 heavy (non-hydrogen) atoms. The summed E-state index contributed by atoms with van der Waals surface area (Å²) < 4.78 is 31.4. The third-order valence-electron chi connectivity index (χ3n) is 5.17. The first kappa shape index (κ1) is 20.7. The number of benzene rings is 2. The van der Waals surface area contributed by atoms with E-state index in [1.54, 1.807) is 18.2 Å². The lowest BCUT2D eigenvalue weighted by atomic mass is 10.0. The summed E-state index contributed by atoms with van der Waals surface area (Å²) in [6.45, 7) is -0.138. The van der Waals surface area contributed by atoms with Crippen LogP contribution in [-0.2, 0) is 27.3 Å². The number of nitrogens with zero attached hydrogens (tertiary/aromatic N) is 1. The molecule has 2 aromatic rings. The van der Waals surface area contributed by atoms with Gasteiger partial charge in [-0.15, -0.1) is 0 Å². The summed E-state index contributed by atoms with van der Waals surface area (Å²) in [6, 6.07) is 7.84. The molecule has 3 N–H and O–H groups in total. The maximum Gasteiger partial charge on any atom is 0.410 e. The van der Waals surface area contributed by atoms with E-state index in [-0.39, 0.29) is 31.0 Å². The number of rotatable bonds is 4. The number of fused-ring (bicyclic) bond motifs is 1. The molecule has 4 rings (SSSR count). The zero-order valence-electron chi connectivity index (χ0n) is 16.3. The maximum absolute atomic E-state index is 13.2. The lowest BCUT2D eigenvalue weighted by Crippen LogP contribution is -2.46. The first-order valence-electron chi connectivity index (χ1n) is 9.62. The Morgan fingerprint density at radius 2 is 1.90 bits per heavy atom. The average molecular weight is 431 g/mol. The van der Waals surface area contributed by atoms with Crippen molar-refractivity contribution in [2.75, 3.05) is 16.8 Å². The maximum atomic E-state index is 13.2. The number of halogens is 2. The third-order valence-corrected chi connectivity index (χ3v) is 5.17. The molecule has 0 radical (unpaired) electrons. The van der Waals surface area contributed by atoms with Crippen LogP contribution in [0.3, 0.4) is 0 Å². The van der Waals surface area contributed by atoms with Gasteiger partial charge in [0.15, 0.2) is 0 Å². The third kappa shape index (κ3) is 4.33. The fourth-order valence-electron chi connectivity index (χ4n) is 3.64. The normalized spacial score (nSPS) is 20.3. The van der Waals surface area contributed by atoms with Gasteiger partial charge in [-0.05, 0) is 47.9 Å². The van der Waals surface area contributed by atoms with Crippen LogP contribution in [0.4, 0.5) is 25.0 Å². The number of carbonyl (C=O) groups excluding carboxylic acids is 3. The van der Waals surface area contributed by atoms with E-state index >= 15 is 0 Å². The van der Waals surface area contributed by atoms with E-state index in [4.69, 9.17) is 4.74 Å². The summed E-state index contributed by atoms with van der Waals surface area (Å²) in [5.41, 5.74) is 2.20. The zero-order chi connectivity index (χ0) is 22.2. The molecule has 2 aliphatic heterocycles. The van der Waals surface area contributed by atoms with Crippen LogP contribution < -0.4 is 15.5 Å². The molecule has 1 atom stereocenters. The van der Waals surface area contributed by atoms with Crippen LogP contribution in [0, 0.1) is 11.6 Å². The Morgan fingerprint density at radius 3 is 2.65 bits per heavy atom. The van der Waals surface area contributed by atoms with Crippen molar-refractivity contribution >= 4 is 29.3 Å². The van der Waals surface area contributed by atoms with Crippen LogP contribution in [0.1, 0.15) is 24.0 Å². The predicted octanol–water partition coefficient (Wildman–Crippen LogP) is 2.20. The number of anilines is 2.